The normalized spacial score (nSPS) is 11.6. The highest BCUT2D eigenvalue weighted by Crippen LogP contribution is 2.32. The predicted molar refractivity (Wildman–Crippen MR) is 100 cm³/mol. The van der Waals surface area contributed by atoms with E-state index < -0.39 is 22.8 Å². The third-order valence-corrected chi connectivity index (χ3v) is 4.20. The van der Waals surface area contributed by atoms with Crippen molar-refractivity contribution in [1.82, 2.24) is 4.98 Å². The highest BCUT2D eigenvalue weighted by atomic mass is 16.6. The average Bonchev–Trinajstić information content (AvgIpc) is 2.95. The first-order chi connectivity index (χ1) is 13.2. The lowest BCUT2D eigenvalue weighted by molar-refractivity contribution is -0.386. The number of hydrogen-bond acceptors (Lipinski definition) is 7. The van der Waals surface area contributed by atoms with Crippen LogP contribution < -0.4 is 9.47 Å². The third-order valence-electron chi connectivity index (χ3n) is 4.20. The van der Waals surface area contributed by atoms with Gasteiger partial charge in [-0.1, -0.05) is 0 Å². The molecule has 0 unspecified atom stereocenters. The number of ether oxygens (including phenoxy) is 3. The summed E-state index contributed by atoms with van der Waals surface area (Å²) in [6.45, 7) is 6.68. The smallest absolute Gasteiger partial charge is 0.340 e. The lowest BCUT2D eigenvalue weighted by atomic mass is 10.1. The Hall–Kier alpha value is -3.36. The molecular formula is C19H22N2O7. The standard InChI is InChI=1S/C19H22N2O7/c1-6-27-19(23)16-10(2)17(20-11(16)3)18(22)12(4)28-15-8-7-13(26-5)9-14(15)21(24)25/h7-9,12,20H,6H2,1-5H3/t12-/m1/s1. The molecule has 0 saturated carbocycles. The van der Waals surface area contributed by atoms with Crippen LogP contribution in [0.15, 0.2) is 18.2 Å². The van der Waals surface area contributed by atoms with E-state index >= 15 is 0 Å². The van der Waals surface area contributed by atoms with Gasteiger partial charge in [-0.25, -0.2) is 4.79 Å². The van der Waals surface area contributed by atoms with Crippen molar-refractivity contribution in [2.45, 2.75) is 33.8 Å². The van der Waals surface area contributed by atoms with Gasteiger partial charge in [0.25, 0.3) is 0 Å². The molecule has 28 heavy (non-hydrogen) atoms. The van der Waals surface area contributed by atoms with E-state index in [1.165, 1.54) is 32.2 Å². The van der Waals surface area contributed by atoms with Crippen molar-refractivity contribution in [1.29, 1.82) is 0 Å². The molecule has 1 N–H and O–H groups in total. The van der Waals surface area contributed by atoms with Gasteiger partial charge in [-0.15, -0.1) is 0 Å². The lowest BCUT2D eigenvalue weighted by Crippen LogP contribution is -2.25. The summed E-state index contributed by atoms with van der Waals surface area (Å²) in [5, 5.41) is 11.3. The summed E-state index contributed by atoms with van der Waals surface area (Å²) in [6, 6.07) is 4.09. The van der Waals surface area contributed by atoms with Gasteiger partial charge in [-0.3, -0.25) is 14.9 Å². The van der Waals surface area contributed by atoms with Crippen molar-refractivity contribution >= 4 is 17.4 Å². The highest BCUT2D eigenvalue weighted by molar-refractivity contribution is 6.03. The van der Waals surface area contributed by atoms with E-state index in [2.05, 4.69) is 4.98 Å². The second-order valence-corrected chi connectivity index (χ2v) is 6.06. The minimum absolute atomic E-state index is 0.0572. The monoisotopic (exact) mass is 390 g/mol. The molecule has 1 aromatic carbocycles. The number of H-pyrrole nitrogens is 1. The van der Waals surface area contributed by atoms with Crippen LogP contribution in [0.1, 0.15) is 46.0 Å². The molecule has 2 aromatic rings. The summed E-state index contributed by atoms with van der Waals surface area (Å²) in [5.74, 6) is -0.723. The molecule has 0 spiro atoms. The highest BCUT2D eigenvalue weighted by Gasteiger charge is 2.28. The van der Waals surface area contributed by atoms with E-state index in [0.29, 0.717) is 22.6 Å². The molecule has 0 fully saturated rings. The predicted octanol–water partition coefficient (Wildman–Crippen LogP) is 3.38. The number of ketones is 1. The molecule has 0 radical (unpaired) electrons. The summed E-state index contributed by atoms with van der Waals surface area (Å²) in [7, 11) is 1.39. The van der Waals surface area contributed by atoms with Gasteiger partial charge >= 0.3 is 11.7 Å². The zero-order valence-corrected chi connectivity index (χ0v) is 16.3. The number of hydrogen-bond donors (Lipinski definition) is 1. The van der Waals surface area contributed by atoms with E-state index in [4.69, 9.17) is 14.2 Å². The maximum absolute atomic E-state index is 12.8. The van der Waals surface area contributed by atoms with Crippen molar-refractivity contribution < 1.29 is 28.7 Å². The number of nitro benzene ring substituents is 1. The summed E-state index contributed by atoms with van der Waals surface area (Å²) in [5.41, 5.74) is 1.13. The first-order valence-electron chi connectivity index (χ1n) is 8.60. The Labute approximate surface area is 161 Å². The summed E-state index contributed by atoms with van der Waals surface area (Å²) in [4.78, 5) is 38.5. The van der Waals surface area contributed by atoms with Crippen LogP contribution in [0, 0.1) is 24.0 Å². The number of carbonyl (C=O) groups excluding carboxylic acids is 2. The van der Waals surface area contributed by atoms with Gasteiger partial charge in [0.05, 0.1) is 36.0 Å². The third kappa shape index (κ3) is 4.13. The SMILES string of the molecule is CCOC(=O)c1c(C)[nH]c(C(=O)[C@@H](C)Oc2ccc(OC)cc2[N+](=O)[O-])c1C. The quantitative estimate of drug-likeness (QED) is 0.317. The van der Waals surface area contributed by atoms with Crippen LogP contribution in [-0.4, -0.2) is 41.5 Å². The maximum atomic E-state index is 12.8. The second kappa shape index (κ2) is 8.55. The number of nitrogens with one attached hydrogen (secondary N) is 1. The fourth-order valence-electron chi connectivity index (χ4n) is 2.82. The van der Waals surface area contributed by atoms with E-state index in [1.54, 1.807) is 20.8 Å². The Morgan fingerprint density at radius 2 is 1.96 bits per heavy atom. The summed E-state index contributed by atoms with van der Waals surface area (Å²) < 4.78 is 15.5. The molecule has 0 saturated heterocycles. The topological polar surface area (TPSA) is 121 Å². The fourth-order valence-corrected chi connectivity index (χ4v) is 2.82. The van der Waals surface area contributed by atoms with Crippen LogP contribution in [0.25, 0.3) is 0 Å². The first-order valence-corrected chi connectivity index (χ1v) is 8.60. The maximum Gasteiger partial charge on any atom is 0.340 e. The number of methoxy groups -OCH3 is 1. The first kappa shape index (κ1) is 20.9. The number of aromatic amines is 1. The molecule has 0 bridgehead atoms. The Kier molecular flexibility index (Phi) is 6.40. The number of rotatable bonds is 8. The number of carbonyl (C=O) groups is 2. The number of esters is 1. The van der Waals surface area contributed by atoms with Crippen LogP contribution in [0.3, 0.4) is 0 Å². The van der Waals surface area contributed by atoms with Crippen LogP contribution in [0.2, 0.25) is 0 Å². The molecule has 0 aliphatic carbocycles. The minimum Gasteiger partial charge on any atom is -0.496 e. The average molecular weight is 390 g/mol. The number of nitro groups is 1. The van der Waals surface area contributed by atoms with Crippen LogP contribution in [0.4, 0.5) is 5.69 Å². The minimum atomic E-state index is -1.03. The molecule has 0 aliphatic heterocycles. The van der Waals surface area contributed by atoms with E-state index in [1.807, 2.05) is 0 Å². The second-order valence-electron chi connectivity index (χ2n) is 6.06. The van der Waals surface area contributed by atoms with Gasteiger partial charge in [-0.2, -0.15) is 0 Å². The number of nitrogens with zero attached hydrogens (tertiary/aromatic N) is 1. The number of benzene rings is 1. The van der Waals surface area contributed by atoms with E-state index in [-0.39, 0.29) is 23.7 Å². The Bertz CT molecular complexity index is 917. The molecule has 150 valence electrons. The van der Waals surface area contributed by atoms with Crippen LogP contribution >= 0.6 is 0 Å². The lowest BCUT2D eigenvalue weighted by Gasteiger charge is -2.14. The van der Waals surface area contributed by atoms with Gasteiger partial charge in [0.1, 0.15) is 5.75 Å². The molecule has 0 aliphatic rings. The Morgan fingerprint density at radius 3 is 2.54 bits per heavy atom. The molecule has 1 heterocycles. The number of Topliss-reactive ketones (excluding diaryl/α,β-unsaturated/α-hetero) is 1. The van der Waals surface area contributed by atoms with Crippen molar-refractivity contribution in [3.63, 3.8) is 0 Å². The van der Waals surface area contributed by atoms with Crippen LogP contribution in [0.5, 0.6) is 11.5 Å². The molecule has 2 rings (SSSR count). The number of aryl methyl sites for hydroxylation is 1. The van der Waals surface area contributed by atoms with Gasteiger partial charge in [0.15, 0.2) is 11.9 Å². The largest absolute Gasteiger partial charge is 0.496 e. The van der Waals surface area contributed by atoms with Gasteiger partial charge < -0.3 is 19.2 Å². The fraction of sp³-hybridized carbons (Fsp3) is 0.368. The van der Waals surface area contributed by atoms with Crippen molar-refractivity contribution in [3.05, 3.63) is 50.8 Å². The van der Waals surface area contributed by atoms with E-state index in [9.17, 15) is 19.7 Å². The Balaban J connectivity index is 2.30. The molecule has 1 atom stereocenters. The number of aromatic nitrogens is 1. The van der Waals surface area contributed by atoms with Crippen molar-refractivity contribution in [2.75, 3.05) is 13.7 Å². The van der Waals surface area contributed by atoms with Crippen molar-refractivity contribution in [3.8, 4) is 11.5 Å². The van der Waals surface area contributed by atoms with Crippen LogP contribution in [-0.2, 0) is 4.74 Å². The molecule has 1 aromatic heterocycles. The molecule has 9 nitrogen and oxygen atoms in total. The van der Waals surface area contributed by atoms with Crippen molar-refractivity contribution in [2.24, 2.45) is 0 Å². The summed E-state index contributed by atoms with van der Waals surface area (Å²) in [6.07, 6.45) is -1.03. The van der Waals surface area contributed by atoms with E-state index in [0.717, 1.165) is 0 Å². The zero-order chi connectivity index (χ0) is 21.0. The molecule has 9 heteroatoms. The summed E-state index contributed by atoms with van der Waals surface area (Å²) >= 11 is 0. The molecule has 0 amide bonds. The van der Waals surface area contributed by atoms with Gasteiger partial charge in [-0.05, 0) is 45.4 Å². The molecular weight excluding hydrogens is 368 g/mol. The van der Waals surface area contributed by atoms with Gasteiger partial charge in [0, 0.05) is 5.69 Å². The van der Waals surface area contributed by atoms with Gasteiger partial charge in [0.2, 0.25) is 5.78 Å². The zero-order valence-electron chi connectivity index (χ0n) is 16.3. The Morgan fingerprint density at radius 1 is 1.29 bits per heavy atom.